The van der Waals surface area contributed by atoms with Crippen LogP contribution in [0.15, 0.2) is 18.2 Å². The zero-order chi connectivity index (χ0) is 12.4. The predicted octanol–water partition coefficient (Wildman–Crippen LogP) is 3.82. The van der Waals surface area contributed by atoms with E-state index in [0.29, 0.717) is 5.92 Å². The van der Waals surface area contributed by atoms with Crippen LogP contribution < -0.4 is 0 Å². The minimum atomic E-state index is 0.599. The number of imidazole rings is 1. The van der Waals surface area contributed by atoms with Crippen molar-refractivity contribution in [2.45, 2.75) is 26.8 Å². The van der Waals surface area contributed by atoms with Gasteiger partial charge in [0.1, 0.15) is 5.82 Å². The number of halogens is 1. The third-order valence-corrected chi connectivity index (χ3v) is 3.13. The van der Waals surface area contributed by atoms with E-state index >= 15 is 0 Å². The fraction of sp³-hybridized carbons (Fsp3) is 0.462. The van der Waals surface area contributed by atoms with Crippen molar-refractivity contribution in [3.05, 3.63) is 29.0 Å². The number of aryl methyl sites for hydroxylation is 1. The van der Waals surface area contributed by atoms with Crippen LogP contribution in [0.2, 0.25) is 5.02 Å². The highest BCUT2D eigenvalue weighted by Crippen LogP contribution is 2.22. The molecule has 0 atom stereocenters. The van der Waals surface area contributed by atoms with Crippen LogP contribution >= 0.6 is 24.2 Å². The highest BCUT2D eigenvalue weighted by Gasteiger charge is 2.11. The van der Waals surface area contributed by atoms with E-state index in [-0.39, 0.29) is 0 Å². The summed E-state index contributed by atoms with van der Waals surface area (Å²) in [4.78, 5) is 4.65. The molecule has 2 rings (SSSR count). The number of rotatable bonds is 4. The zero-order valence-electron chi connectivity index (χ0n) is 10.2. The van der Waals surface area contributed by atoms with Gasteiger partial charge in [-0.1, -0.05) is 25.4 Å². The fourth-order valence-electron chi connectivity index (χ4n) is 2.01. The lowest BCUT2D eigenvalue weighted by atomic mass is 10.2. The van der Waals surface area contributed by atoms with E-state index in [4.69, 9.17) is 11.6 Å². The van der Waals surface area contributed by atoms with Crippen molar-refractivity contribution < 1.29 is 0 Å². The maximum absolute atomic E-state index is 6.00. The summed E-state index contributed by atoms with van der Waals surface area (Å²) in [6.45, 7) is 5.42. The highest BCUT2D eigenvalue weighted by molar-refractivity contribution is 7.80. The lowest BCUT2D eigenvalue weighted by Gasteiger charge is -2.11. The molecule has 1 aromatic carbocycles. The smallest absolute Gasteiger partial charge is 0.110 e. The van der Waals surface area contributed by atoms with Gasteiger partial charge in [-0.3, -0.25) is 0 Å². The Hall–Kier alpha value is -0.670. The van der Waals surface area contributed by atoms with Crippen LogP contribution in [0.4, 0.5) is 0 Å². The summed E-state index contributed by atoms with van der Waals surface area (Å²) in [5, 5.41) is 0.740. The SMILES string of the molecule is CC(C)Cn1c(CCS)nc2cc(Cl)ccc21. The summed E-state index contributed by atoms with van der Waals surface area (Å²) in [6.07, 6.45) is 0.891. The Labute approximate surface area is 112 Å². The van der Waals surface area contributed by atoms with Gasteiger partial charge in [-0.05, 0) is 29.9 Å². The number of hydrogen-bond acceptors (Lipinski definition) is 2. The van der Waals surface area contributed by atoms with Crippen LogP contribution in [0.3, 0.4) is 0 Å². The molecule has 0 radical (unpaired) electrons. The van der Waals surface area contributed by atoms with Crippen molar-refractivity contribution in [2.24, 2.45) is 5.92 Å². The first-order valence-corrected chi connectivity index (χ1v) is 6.88. The largest absolute Gasteiger partial charge is 0.328 e. The Balaban J connectivity index is 2.54. The number of benzene rings is 1. The molecule has 17 heavy (non-hydrogen) atoms. The quantitative estimate of drug-likeness (QED) is 0.835. The minimum Gasteiger partial charge on any atom is -0.328 e. The van der Waals surface area contributed by atoms with Crippen molar-refractivity contribution in [1.29, 1.82) is 0 Å². The summed E-state index contributed by atoms with van der Waals surface area (Å²) < 4.78 is 2.28. The van der Waals surface area contributed by atoms with Gasteiger partial charge < -0.3 is 4.57 Å². The average Bonchev–Trinajstić information content (AvgIpc) is 2.56. The van der Waals surface area contributed by atoms with Gasteiger partial charge >= 0.3 is 0 Å². The molecule has 0 unspecified atom stereocenters. The molecule has 1 heterocycles. The summed E-state index contributed by atoms with van der Waals surface area (Å²) in [5.74, 6) is 2.52. The normalized spacial score (nSPS) is 11.6. The first-order chi connectivity index (χ1) is 8.11. The molecule has 0 spiro atoms. The van der Waals surface area contributed by atoms with Crippen LogP contribution in [0.1, 0.15) is 19.7 Å². The standard InChI is InChI=1S/C13H17ClN2S/c1-9(2)8-16-12-4-3-10(14)7-11(12)15-13(16)5-6-17/h3-4,7,9,17H,5-6,8H2,1-2H3. The number of thiol groups is 1. The Morgan fingerprint density at radius 1 is 1.41 bits per heavy atom. The average molecular weight is 269 g/mol. The molecule has 2 nitrogen and oxygen atoms in total. The van der Waals surface area contributed by atoms with Crippen molar-refractivity contribution in [3.8, 4) is 0 Å². The van der Waals surface area contributed by atoms with E-state index in [9.17, 15) is 0 Å². The maximum atomic E-state index is 6.00. The molecule has 4 heteroatoms. The molecule has 0 fully saturated rings. The molecule has 0 aliphatic carbocycles. The Bertz CT molecular complexity index is 519. The van der Waals surface area contributed by atoms with Gasteiger partial charge in [0.15, 0.2) is 0 Å². The molecule has 0 amide bonds. The van der Waals surface area contributed by atoms with Crippen molar-refractivity contribution in [2.75, 3.05) is 5.75 Å². The second kappa shape index (κ2) is 5.32. The van der Waals surface area contributed by atoms with E-state index < -0.39 is 0 Å². The number of nitrogens with zero attached hydrogens (tertiary/aromatic N) is 2. The molecule has 2 aromatic rings. The topological polar surface area (TPSA) is 17.8 Å². The van der Waals surface area contributed by atoms with E-state index in [0.717, 1.165) is 35.1 Å². The molecule has 1 aromatic heterocycles. The first kappa shape index (κ1) is 12.8. The van der Waals surface area contributed by atoms with Gasteiger partial charge in [-0.15, -0.1) is 0 Å². The molecule has 0 N–H and O–H groups in total. The van der Waals surface area contributed by atoms with Crippen LogP contribution in [0.5, 0.6) is 0 Å². The third kappa shape index (κ3) is 2.78. The monoisotopic (exact) mass is 268 g/mol. The molecule has 0 saturated carbocycles. The van der Waals surface area contributed by atoms with Gasteiger partial charge in [0.05, 0.1) is 11.0 Å². The molecular formula is C13H17ClN2S. The van der Waals surface area contributed by atoms with Crippen LogP contribution in [-0.2, 0) is 13.0 Å². The summed E-state index contributed by atoms with van der Waals surface area (Å²) in [5.41, 5.74) is 2.15. The fourth-order valence-corrected chi connectivity index (χ4v) is 2.38. The Morgan fingerprint density at radius 2 is 2.18 bits per heavy atom. The lowest BCUT2D eigenvalue weighted by Crippen LogP contribution is -2.09. The van der Waals surface area contributed by atoms with E-state index in [2.05, 4.69) is 42.1 Å². The summed E-state index contributed by atoms with van der Waals surface area (Å²) in [7, 11) is 0. The number of hydrogen-bond donors (Lipinski definition) is 1. The van der Waals surface area contributed by atoms with Gasteiger partial charge in [0.25, 0.3) is 0 Å². The van der Waals surface area contributed by atoms with Gasteiger partial charge in [0, 0.05) is 18.0 Å². The van der Waals surface area contributed by atoms with Crippen LogP contribution in [-0.4, -0.2) is 15.3 Å². The summed E-state index contributed by atoms with van der Waals surface area (Å²) in [6, 6.07) is 5.90. The molecule has 0 saturated heterocycles. The Morgan fingerprint density at radius 3 is 2.82 bits per heavy atom. The second-order valence-electron chi connectivity index (χ2n) is 4.64. The van der Waals surface area contributed by atoms with E-state index in [1.54, 1.807) is 0 Å². The minimum absolute atomic E-state index is 0.599. The number of aromatic nitrogens is 2. The molecule has 92 valence electrons. The first-order valence-electron chi connectivity index (χ1n) is 5.87. The lowest BCUT2D eigenvalue weighted by molar-refractivity contribution is 0.519. The summed E-state index contributed by atoms with van der Waals surface area (Å²) >= 11 is 10.3. The van der Waals surface area contributed by atoms with Crippen LogP contribution in [0.25, 0.3) is 11.0 Å². The van der Waals surface area contributed by atoms with Crippen molar-refractivity contribution in [3.63, 3.8) is 0 Å². The zero-order valence-corrected chi connectivity index (χ0v) is 11.8. The van der Waals surface area contributed by atoms with E-state index in [1.165, 1.54) is 5.52 Å². The van der Waals surface area contributed by atoms with E-state index in [1.807, 2.05) is 12.1 Å². The number of fused-ring (bicyclic) bond motifs is 1. The van der Waals surface area contributed by atoms with Crippen molar-refractivity contribution >= 4 is 35.3 Å². The van der Waals surface area contributed by atoms with Gasteiger partial charge in [-0.25, -0.2) is 4.98 Å². The Kier molecular flexibility index (Phi) is 4.00. The third-order valence-electron chi connectivity index (χ3n) is 2.67. The van der Waals surface area contributed by atoms with Crippen molar-refractivity contribution in [1.82, 2.24) is 9.55 Å². The molecular weight excluding hydrogens is 252 g/mol. The molecule has 0 aliphatic rings. The predicted molar refractivity (Wildman–Crippen MR) is 77.1 cm³/mol. The second-order valence-corrected chi connectivity index (χ2v) is 5.52. The molecule has 0 aliphatic heterocycles. The molecule has 0 bridgehead atoms. The van der Waals surface area contributed by atoms with Gasteiger partial charge in [-0.2, -0.15) is 12.6 Å². The highest BCUT2D eigenvalue weighted by atomic mass is 35.5. The maximum Gasteiger partial charge on any atom is 0.110 e. The van der Waals surface area contributed by atoms with Crippen LogP contribution in [0, 0.1) is 5.92 Å². The van der Waals surface area contributed by atoms with Gasteiger partial charge in [0.2, 0.25) is 0 Å².